The molecule has 0 unspecified atom stereocenters. The predicted octanol–water partition coefficient (Wildman–Crippen LogP) is 4.22. The lowest BCUT2D eigenvalue weighted by Gasteiger charge is -2.19. The maximum absolute atomic E-state index is 13.2. The van der Waals surface area contributed by atoms with Crippen LogP contribution in [0.1, 0.15) is 13.8 Å². The Bertz CT molecular complexity index is 1330. The van der Waals surface area contributed by atoms with E-state index in [1.54, 1.807) is 56.3 Å². The Kier molecular flexibility index (Phi) is 6.81. The van der Waals surface area contributed by atoms with Crippen molar-refractivity contribution >= 4 is 43.8 Å². The Morgan fingerprint density at radius 3 is 2.24 bits per heavy atom. The first-order valence-corrected chi connectivity index (χ1v) is 11.7. The van der Waals surface area contributed by atoms with Crippen molar-refractivity contribution in [3.05, 3.63) is 60.7 Å². The zero-order valence-electron chi connectivity index (χ0n) is 19.0. The van der Waals surface area contributed by atoms with E-state index in [1.807, 2.05) is 37.2 Å². The van der Waals surface area contributed by atoms with Gasteiger partial charge in [-0.15, -0.1) is 0 Å². The van der Waals surface area contributed by atoms with Gasteiger partial charge in [-0.25, -0.2) is 8.42 Å². The number of nitrogens with one attached hydrogen (secondary N) is 3. The molecule has 0 aliphatic rings. The van der Waals surface area contributed by atoms with Gasteiger partial charge in [-0.05, 0) is 50.2 Å². The van der Waals surface area contributed by atoms with Crippen LogP contribution in [0.25, 0.3) is 10.8 Å². The molecule has 0 fully saturated rings. The number of carbonyl (C=O) groups is 1. The van der Waals surface area contributed by atoms with Gasteiger partial charge in [0.1, 0.15) is 17.2 Å². The monoisotopic (exact) mass is 467 g/mol. The summed E-state index contributed by atoms with van der Waals surface area (Å²) in [6.45, 7) is 3.48. The molecule has 33 heavy (non-hydrogen) atoms. The molecule has 0 heterocycles. The number of rotatable bonds is 8. The van der Waals surface area contributed by atoms with Crippen molar-refractivity contribution < 1.29 is 13.2 Å². The van der Waals surface area contributed by atoms with E-state index in [-0.39, 0.29) is 17.3 Å². The standard InChI is InChI=1S/C23H26N6O3S/c1-23(2,15-25-28-24)22(30)26-16-11-13-17(14-12-16)27-33(31,32)21-10-6-7-18-19(21)8-5-9-20(18)29(3)4/h5-14H,15H2,1-4H3,(H2,24,25)/p+1. The molecule has 0 atom stereocenters. The van der Waals surface area contributed by atoms with E-state index < -0.39 is 15.4 Å². The second-order valence-electron chi connectivity index (χ2n) is 8.44. The fourth-order valence-electron chi connectivity index (χ4n) is 3.30. The molecule has 172 valence electrons. The normalized spacial score (nSPS) is 11.5. The molecule has 0 aromatic heterocycles. The highest BCUT2D eigenvalue weighted by Gasteiger charge is 2.29. The smallest absolute Gasteiger partial charge is 0.262 e. The summed E-state index contributed by atoms with van der Waals surface area (Å²) in [5.41, 5.74) is 7.71. The van der Waals surface area contributed by atoms with Crippen molar-refractivity contribution in [2.75, 3.05) is 35.6 Å². The summed E-state index contributed by atoms with van der Waals surface area (Å²) in [4.78, 5) is 17.5. The first-order valence-electron chi connectivity index (χ1n) is 10.2. The van der Waals surface area contributed by atoms with Crippen LogP contribution in [0.4, 0.5) is 17.1 Å². The van der Waals surface area contributed by atoms with Crippen LogP contribution in [0, 0.1) is 10.9 Å². The molecule has 0 bridgehead atoms. The molecule has 0 saturated heterocycles. The highest BCUT2D eigenvalue weighted by molar-refractivity contribution is 7.93. The lowest BCUT2D eigenvalue weighted by atomic mass is 9.92. The predicted molar refractivity (Wildman–Crippen MR) is 130 cm³/mol. The van der Waals surface area contributed by atoms with Gasteiger partial charge in [-0.2, -0.15) is 0 Å². The highest BCUT2D eigenvalue weighted by Crippen LogP contribution is 2.31. The van der Waals surface area contributed by atoms with Crippen LogP contribution >= 0.6 is 0 Å². The Hall–Kier alpha value is -3.75. The number of amides is 1. The molecule has 3 rings (SSSR count). The molecule has 3 N–H and O–H groups in total. The third-order valence-corrected chi connectivity index (χ3v) is 6.62. The molecule has 9 nitrogen and oxygen atoms in total. The number of hydrogen-bond donors (Lipinski definition) is 3. The Morgan fingerprint density at radius 2 is 1.61 bits per heavy atom. The lowest BCUT2D eigenvalue weighted by Crippen LogP contribution is -2.33. The fraction of sp³-hybridized carbons (Fsp3) is 0.261. The maximum atomic E-state index is 13.2. The Morgan fingerprint density at radius 1 is 1.00 bits per heavy atom. The van der Waals surface area contributed by atoms with Crippen LogP contribution in [0.5, 0.6) is 0 Å². The number of anilines is 3. The number of hydrogen-bond acceptors (Lipinski definition) is 6. The number of nitrogens with zero attached hydrogens (tertiary/aromatic N) is 3. The SMILES string of the molecule is CN(C)c1cccc2c(S(=O)(=O)Nc3ccc(NC(=O)C(C)(C)CN=[N+]=N)cc3)cccc12. The fourth-order valence-corrected chi connectivity index (χ4v) is 4.59. The van der Waals surface area contributed by atoms with Crippen molar-refractivity contribution in [3.63, 3.8) is 0 Å². The summed E-state index contributed by atoms with van der Waals surface area (Å²) >= 11 is 0. The summed E-state index contributed by atoms with van der Waals surface area (Å²) in [6.07, 6.45) is 0. The lowest BCUT2D eigenvalue weighted by molar-refractivity contribution is -0.123. The van der Waals surface area contributed by atoms with E-state index in [9.17, 15) is 13.2 Å². The first kappa shape index (κ1) is 23.9. The third-order valence-electron chi connectivity index (χ3n) is 5.18. The molecule has 0 aliphatic carbocycles. The molecular formula is C23H27N6O3S+. The average Bonchev–Trinajstić information content (AvgIpc) is 2.77. The maximum Gasteiger partial charge on any atom is 0.262 e. The highest BCUT2D eigenvalue weighted by atomic mass is 32.2. The van der Waals surface area contributed by atoms with E-state index in [1.165, 1.54) is 0 Å². The average molecular weight is 468 g/mol. The number of carbonyl (C=O) groups excluding carboxylic acids is 1. The molecule has 3 aromatic rings. The Labute approximate surface area is 193 Å². The van der Waals surface area contributed by atoms with E-state index in [2.05, 4.69) is 20.1 Å². The summed E-state index contributed by atoms with van der Waals surface area (Å²) in [6, 6.07) is 17.2. The molecule has 1 amide bonds. The van der Waals surface area contributed by atoms with Gasteiger partial charge in [0.25, 0.3) is 10.0 Å². The minimum atomic E-state index is -3.85. The second-order valence-corrected chi connectivity index (χ2v) is 10.1. The van der Waals surface area contributed by atoms with E-state index in [0.29, 0.717) is 16.8 Å². The summed E-state index contributed by atoms with van der Waals surface area (Å²) < 4.78 is 28.9. The third kappa shape index (κ3) is 5.36. The Balaban J connectivity index is 1.82. The van der Waals surface area contributed by atoms with E-state index in [4.69, 9.17) is 5.53 Å². The van der Waals surface area contributed by atoms with Crippen molar-refractivity contribution in [1.29, 1.82) is 5.53 Å². The van der Waals surface area contributed by atoms with E-state index in [0.717, 1.165) is 11.1 Å². The quantitative estimate of drug-likeness (QED) is 0.338. The summed E-state index contributed by atoms with van der Waals surface area (Å²) in [7, 11) is -0.0245. The first-order chi connectivity index (χ1) is 15.5. The van der Waals surface area contributed by atoms with Crippen molar-refractivity contribution in [2.24, 2.45) is 10.5 Å². The second kappa shape index (κ2) is 9.40. The topological polar surface area (TPSA) is 129 Å². The molecule has 0 saturated carbocycles. The number of sulfonamides is 1. The minimum absolute atomic E-state index is 0.0841. The van der Waals surface area contributed by atoms with Gasteiger partial charge >= 0.3 is 0 Å². The van der Waals surface area contributed by atoms with Crippen LogP contribution in [-0.4, -0.2) is 35.0 Å². The van der Waals surface area contributed by atoms with Crippen LogP contribution in [0.2, 0.25) is 0 Å². The number of benzene rings is 3. The minimum Gasteiger partial charge on any atom is -0.377 e. The van der Waals surface area contributed by atoms with Crippen LogP contribution in [-0.2, 0) is 14.8 Å². The number of fused-ring (bicyclic) bond motifs is 1. The van der Waals surface area contributed by atoms with Gasteiger partial charge in [0.05, 0.1) is 10.3 Å². The molecular weight excluding hydrogens is 440 g/mol. The van der Waals surface area contributed by atoms with Crippen molar-refractivity contribution in [1.82, 2.24) is 4.91 Å². The van der Waals surface area contributed by atoms with Crippen molar-refractivity contribution in [3.8, 4) is 0 Å². The van der Waals surface area contributed by atoms with Crippen LogP contribution in [0.15, 0.2) is 70.7 Å². The van der Waals surface area contributed by atoms with Crippen LogP contribution in [0.3, 0.4) is 0 Å². The van der Waals surface area contributed by atoms with Gasteiger partial charge in [0.15, 0.2) is 0 Å². The van der Waals surface area contributed by atoms with Gasteiger partial charge in [0.2, 0.25) is 10.8 Å². The molecule has 0 aliphatic heterocycles. The zero-order chi connectivity index (χ0) is 24.2. The molecule has 10 heteroatoms. The summed E-state index contributed by atoms with van der Waals surface area (Å²) in [5.74, 6) is -0.282. The molecule has 0 radical (unpaired) electrons. The molecule has 3 aromatic carbocycles. The largest absolute Gasteiger partial charge is 0.377 e. The van der Waals surface area contributed by atoms with Gasteiger partial charge < -0.3 is 10.2 Å². The van der Waals surface area contributed by atoms with Gasteiger partial charge in [-0.1, -0.05) is 24.3 Å². The summed E-state index contributed by atoms with van der Waals surface area (Å²) in [5, 5.41) is 7.82. The molecule has 0 spiro atoms. The van der Waals surface area contributed by atoms with Gasteiger partial charge in [0, 0.05) is 41.9 Å². The van der Waals surface area contributed by atoms with Crippen LogP contribution < -0.4 is 19.9 Å². The van der Waals surface area contributed by atoms with E-state index >= 15 is 0 Å². The zero-order valence-corrected chi connectivity index (χ0v) is 19.8. The van der Waals surface area contributed by atoms with Crippen molar-refractivity contribution in [2.45, 2.75) is 18.7 Å². The van der Waals surface area contributed by atoms with Gasteiger partial charge in [-0.3, -0.25) is 9.52 Å².